The fourth-order valence-electron chi connectivity index (χ4n) is 4.16. The first-order valence-corrected chi connectivity index (χ1v) is 11.1. The summed E-state index contributed by atoms with van der Waals surface area (Å²) in [4.78, 5) is 35.6. The average molecular weight is 490 g/mol. The van der Waals surface area contributed by atoms with Gasteiger partial charge in [0, 0.05) is 24.7 Å². The zero-order chi connectivity index (χ0) is 23.9. The van der Waals surface area contributed by atoms with Crippen molar-refractivity contribution in [2.24, 2.45) is 0 Å². The van der Waals surface area contributed by atoms with E-state index in [1.807, 2.05) is 13.8 Å². The van der Waals surface area contributed by atoms with E-state index in [1.165, 1.54) is 29.1 Å². The molecule has 0 aliphatic carbocycles. The molecule has 1 aromatic carbocycles. The number of carbonyl (C=O) groups is 1. The zero-order valence-electron chi connectivity index (χ0n) is 18.1. The molecule has 0 saturated carbocycles. The third-order valence-electron chi connectivity index (χ3n) is 5.83. The van der Waals surface area contributed by atoms with E-state index in [-0.39, 0.29) is 45.2 Å². The van der Waals surface area contributed by atoms with E-state index in [1.54, 1.807) is 17.0 Å². The van der Waals surface area contributed by atoms with Crippen LogP contribution in [0.25, 0.3) is 11.0 Å². The van der Waals surface area contributed by atoms with Gasteiger partial charge in [0.05, 0.1) is 27.4 Å². The van der Waals surface area contributed by atoms with Crippen LogP contribution in [0.5, 0.6) is 0 Å². The van der Waals surface area contributed by atoms with Gasteiger partial charge in [-0.2, -0.15) is 0 Å². The Morgan fingerprint density at radius 1 is 1.30 bits per heavy atom. The van der Waals surface area contributed by atoms with Gasteiger partial charge in [0.1, 0.15) is 11.6 Å². The maximum atomic E-state index is 15.1. The predicted octanol–water partition coefficient (Wildman–Crippen LogP) is 4.54. The second-order valence-corrected chi connectivity index (χ2v) is 9.04. The number of amides is 1. The number of rotatable bonds is 5. The quantitative estimate of drug-likeness (QED) is 0.420. The fourth-order valence-corrected chi connectivity index (χ4v) is 4.65. The van der Waals surface area contributed by atoms with Crippen LogP contribution in [0.3, 0.4) is 0 Å². The predicted molar refractivity (Wildman–Crippen MR) is 127 cm³/mol. The summed E-state index contributed by atoms with van der Waals surface area (Å²) in [6, 6.07) is 5.86. The van der Waals surface area contributed by atoms with Crippen molar-refractivity contribution in [3.8, 4) is 0 Å². The molecule has 33 heavy (non-hydrogen) atoms. The van der Waals surface area contributed by atoms with Crippen molar-refractivity contribution < 1.29 is 9.18 Å². The van der Waals surface area contributed by atoms with E-state index < -0.39 is 11.4 Å². The van der Waals surface area contributed by atoms with Crippen LogP contribution in [-0.4, -0.2) is 38.4 Å². The van der Waals surface area contributed by atoms with Gasteiger partial charge in [-0.1, -0.05) is 29.8 Å². The Labute approximate surface area is 199 Å². The van der Waals surface area contributed by atoms with Crippen LogP contribution in [0, 0.1) is 5.82 Å². The van der Waals surface area contributed by atoms with Crippen LogP contribution < -0.4 is 10.9 Å². The first kappa shape index (κ1) is 23.2. The van der Waals surface area contributed by atoms with E-state index >= 15 is 4.39 Å². The lowest BCUT2D eigenvalue weighted by Gasteiger charge is -2.33. The van der Waals surface area contributed by atoms with Crippen LogP contribution in [0.2, 0.25) is 10.0 Å². The number of nitrogens with one attached hydrogen (secondary N) is 1. The van der Waals surface area contributed by atoms with E-state index in [0.717, 1.165) is 0 Å². The molecular weight excluding hydrogens is 468 g/mol. The van der Waals surface area contributed by atoms with Gasteiger partial charge in [0.15, 0.2) is 5.52 Å². The third kappa shape index (κ3) is 4.09. The number of anilines is 1. The number of likely N-dealkylation sites (tertiary alicyclic amines) is 1. The van der Waals surface area contributed by atoms with Gasteiger partial charge in [0.25, 0.3) is 5.56 Å². The summed E-state index contributed by atoms with van der Waals surface area (Å²) in [6.07, 6.45) is 3.04. The van der Waals surface area contributed by atoms with E-state index in [0.29, 0.717) is 24.3 Å². The van der Waals surface area contributed by atoms with Gasteiger partial charge in [-0.3, -0.25) is 14.2 Å². The Morgan fingerprint density at radius 3 is 2.76 bits per heavy atom. The molecule has 1 atom stereocenters. The lowest BCUT2D eigenvalue weighted by atomic mass is 9.88. The fraction of sp³-hybridized carbons (Fsp3) is 0.304. The summed E-state index contributed by atoms with van der Waals surface area (Å²) in [7, 11) is 0. The van der Waals surface area contributed by atoms with Crippen molar-refractivity contribution in [2.45, 2.75) is 31.8 Å². The van der Waals surface area contributed by atoms with Crippen LogP contribution in [0.1, 0.15) is 31.9 Å². The highest BCUT2D eigenvalue weighted by atomic mass is 35.5. The van der Waals surface area contributed by atoms with Crippen LogP contribution in [0.15, 0.2) is 48.0 Å². The highest BCUT2D eigenvalue weighted by molar-refractivity contribution is 6.42. The first-order chi connectivity index (χ1) is 15.7. The molecule has 1 aliphatic rings. The Bertz CT molecular complexity index is 1330. The average Bonchev–Trinajstić information content (AvgIpc) is 3.21. The van der Waals surface area contributed by atoms with Crippen molar-refractivity contribution >= 4 is 46.0 Å². The monoisotopic (exact) mass is 489 g/mol. The number of carbonyl (C=O) groups excluding carboxylic acids is 1. The highest BCUT2D eigenvalue weighted by Gasteiger charge is 2.44. The number of benzene rings is 1. The molecule has 0 spiro atoms. The topological polar surface area (TPSA) is 80.1 Å². The van der Waals surface area contributed by atoms with Gasteiger partial charge in [-0.25, -0.2) is 14.4 Å². The van der Waals surface area contributed by atoms with Crippen molar-refractivity contribution in [3.05, 3.63) is 75.0 Å². The van der Waals surface area contributed by atoms with Crippen LogP contribution in [0.4, 0.5) is 10.2 Å². The van der Waals surface area contributed by atoms with Gasteiger partial charge < -0.3 is 10.2 Å². The minimum absolute atomic E-state index is 0.0571. The Balaban J connectivity index is 1.85. The molecule has 172 valence electrons. The van der Waals surface area contributed by atoms with E-state index in [2.05, 4.69) is 21.9 Å². The third-order valence-corrected chi connectivity index (χ3v) is 6.64. The maximum absolute atomic E-state index is 15.1. The molecule has 10 heteroatoms. The molecule has 7 nitrogen and oxygen atoms in total. The lowest BCUT2D eigenvalue weighted by molar-refractivity contribution is -0.125. The summed E-state index contributed by atoms with van der Waals surface area (Å²) >= 11 is 12.7. The van der Waals surface area contributed by atoms with Crippen molar-refractivity contribution in [3.63, 3.8) is 0 Å². The van der Waals surface area contributed by atoms with Crippen molar-refractivity contribution in [1.82, 2.24) is 19.4 Å². The normalized spacial score (nSPS) is 18.2. The summed E-state index contributed by atoms with van der Waals surface area (Å²) < 4.78 is 16.6. The highest BCUT2D eigenvalue weighted by Crippen LogP contribution is 2.42. The van der Waals surface area contributed by atoms with Crippen LogP contribution >= 0.6 is 23.2 Å². The molecule has 4 rings (SSSR count). The summed E-state index contributed by atoms with van der Waals surface area (Å²) in [6.45, 7) is 7.74. The Morgan fingerprint density at radius 2 is 2.06 bits per heavy atom. The van der Waals surface area contributed by atoms with Gasteiger partial charge in [-0.15, -0.1) is 0 Å². The largest absolute Gasteiger partial charge is 0.358 e. The standard InChI is InChI=1S/C23H22Cl2FN5O2/c1-4-18(32)30-10-9-23(11-30,19-15(26)6-5-14(24)20(19)25)29-17-8-7-16-21(28-17)22(33)31(12-27-16)13(2)3/h4-8,12-13H,1,9-11H2,2-3H3,(H,28,29). The van der Waals surface area contributed by atoms with Crippen molar-refractivity contribution in [2.75, 3.05) is 18.4 Å². The first-order valence-electron chi connectivity index (χ1n) is 10.4. The maximum Gasteiger partial charge on any atom is 0.280 e. The minimum atomic E-state index is -1.12. The van der Waals surface area contributed by atoms with Gasteiger partial charge in [-0.05, 0) is 50.6 Å². The summed E-state index contributed by atoms with van der Waals surface area (Å²) in [5.41, 5.74) is -0.636. The van der Waals surface area contributed by atoms with Crippen LogP contribution in [-0.2, 0) is 10.3 Å². The molecule has 0 bridgehead atoms. The number of hydrogen-bond donors (Lipinski definition) is 1. The molecule has 2 aromatic heterocycles. The molecule has 1 amide bonds. The number of nitrogens with zero attached hydrogens (tertiary/aromatic N) is 4. The Hall–Kier alpha value is -2.97. The summed E-state index contributed by atoms with van der Waals surface area (Å²) in [5, 5.41) is 3.51. The Kier molecular flexibility index (Phi) is 6.16. The number of aromatic nitrogens is 3. The molecule has 3 aromatic rings. The second kappa shape index (κ2) is 8.76. The van der Waals surface area contributed by atoms with Gasteiger partial charge in [0.2, 0.25) is 5.91 Å². The van der Waals surface area contributed by atoms with Gasteiger partial charge >= 0.3 is 0 Å². The zero-order valence-corrected chi connectivity index (χ0v) is 19.6. The molecular formula is C23H22Cl2FN5O2. The number of fused-ring (bicyclic) bond motifs is 1. The second-order valence-electron chi connectivity index (χ2n) is 8.25. The number of hydrogen-bond acceptors (Lipinski definition) is 5. The van der Waals surface area contributed by atoms with E-state index in [4.69, 9.17) is 23.2 Å². The molecule has 1 unspecified atom stereocenters. The lowest BCUT2D eigenvalue weighted by Crippen LogP contribution is -2.41. The minimum Gasteiger partial charge on any atom is -0.358 e. The molecule has 3 heterocycles. The molecule has 1 N–H and O–H groups in total. The van der Waals surface area contributed by atoms with Crippen molar-refractivity contribution in [1.29, 1.82) is 0 Å². The van der Waals surface area contributed by atoms with E-state index in [9.17, 15) is 9.59 Å². The number of halogens is 3. The SMILES string of the molecule is C=CC(=O)N1CCC(Nc2ccc3ncn(C(C)C)c(=O)c3n2)(c2c(F)ccc(Cl)c2Cl)C1. The molecule has 1 fully saturated rings. The molecule has 1 aliphatic heterocycles. The summed E-state index contributed by atoms with van der Waals surface area (Å²) in [5.74, 6) is -0.520. The molecule has 0 radical (unpaired) electrons. The number of pyridine rings is 1. The molecule has 1 saturated heterocycles. The smallest absolute Gasteiger partial charge is 0.280 e.